The highest BCUT2D eigenvalue weighted by Gasteiger charge is 2.31. The number of alkyl halides is 3. The summed E-state index contributed by atoms with van der Waals surface area (Å²) in [6, 6.07) is 8.59. The van der Waals surface area contributed by atoms with Crippen LogP contribution in [0.5, 0.6) is 5.75 Å². The lowest BCUT2D eigenvalue weighted by Gasteiger charge is -2.10. The number of carbonyl (C=O) groups excluding carboxylic acids is 1. The van der Waals surface area contributed by atoms with Gasteiger partial charge in [-0.2, -0.15) is 0 Å². The number of hydrogen-bond donors (Lipinski definition) is 1. The van der Waals surface area contributed by atoms with Crippen molar-refractivity contribution in [2.24, 2.45) is 7.05 Å². The summed E-state index contributed by atoms with van der Waals surface area (Å²) in [5.74, 6) is -1.65. The van der Waals surface area contributed by atoms with Gasteiger partial charge in [0.05, 0.1) is 7.05 Å². The SMILES string of the molecule is Cn1c[n+](NC(=O)c2ccc(-c3ccc(OC(F)(F)F)cc3)c(F)c2)cn1. The van der Waals surface area contributed by atoms with Gasteiger partial charge in [-0.15, -0.1) is 22.5 Å². The lowest BCUT2D eigenvalue weighted by atomic mass is 10.0. The van der Waals surface area contributed by atoms with Crippen molar-refractivity contribution in [3.8, 4) is 16.9 Å². The molecule has 140 valence electrons. The minimum atomic E-state index is -4.80. The first kappa shape index (κ1) is 18.4. The number of aryl methyl sites for hydroxylation is 1. The maximum Gasteiger partial charge on any atom is 0.573 e. The average molecular weight is 381 g/mol. The zero-order valence-electron chi connectivity index (χ0n) is 13.9. The van der Waals surface area contributed by atoms with Crippen molar-refractivity contribution in [3.63, 3.8) is 0 Å². The van der Waals surface area contributed by atoms with E-state index in [9.17, 15) is 22.4 Å². The van der Waals surface area contributed by atoms with Crippen LogP contribution in [0.4, 0.5) is 17.6 Å². The molecule has 0 saturated heterocycles. The summed E-state index contributed by atoms with van der Waals surface area (Å²) in [4.78, 5) is 12.1. The molecule has 1 N–H and O–H groups in total. The molecule has 0 atom stereocenters. The highest BCUT2D eigenvalue weighted by atomic mass is 19.4. The van der Waals surface area contributed by atoms with Gasteiger partial charge >= 0.3 is 6.36 Å². The number of rotatable bonds is 4. The number of ether oxygens (including phenoxy) is 1. The Balaban J connectivity index is 1.77. The number of nitrogens with one attached hydrogen (secondary N) is 1. The van der Waals surface area contributed by atoms with E-state index in [0.29, 0.717) is 5.56 Å². The van der Waals surface area contributed by atoms with Gasteiger partial charge in [0.15, 0.2) is 0 Å². The van der Waals surface area contributed by atoms with E-state index in [0.717, 1.165) is 18.2 Å². The van der Waals surface area contributed by atoms with E-state index in [2.05, 4.69) is 15.3 Å². The normalized spacial score (nSPS) is 11.3. The molecule has 0 spiro atoms. The highest BCUT2D eigenvalue weighted by molar-refractivity contribution is 5.99. The van der Waals surface area contributed by atoms with E-state index in [4.69, 9.17) is 0 Å². The van der Waals surface area contributed by atoms with Gasteiger partial charge in [-0.25, -0.2) is 9.82 Å². The van der Waals surface area contributed by atoms with Crippen molar-refractivity contribution in [3.05, 3.63) is 66.5 Å². The molecule has 0 radical (unpaired) electrons. The molecule has 0 unspecified atom stereocenters. The number of aromatic nitrogens is 3. The number of carbonyl (C=O) groups is 1. The van der Waals surface area contributed by atoms with Gasteiger partial charge in [0.25, 0.3) is 12.2 Å². The van der Waals surface area contributed by atoms with Crippen molar-refractivity contribution in [1.82, 2.24) is 9.78 Å². The van der Waals surface area contributed by atoms with Crippen LogP contribution in [0, 0.1) is 5.82 Å². The zero-order chi connectivity index (χ0) is 19.6. The van der Waals surface area contributed by atoms with Crippen molar-refractivity contribution in [2.45, 2.75) is 6.36 Å². The molecule has 3 rings (SSSR count). The first-order chi connectivity index (χ1) is 12.7. The fourth-order valence-corrected chi connectivity index (χ4v) is 2.34. The Labute approximate surface area is 150 Å². The van der Waals surface area contributed by atoms with Crippen LogP contribution in [-0.2, 0) is 7.05 Å². The minimum Gasteiger partial charge on any atom is -0.406 e. The summed E-state index contributed by atoms with van der Waals surface area (Å²) >= 11 is 0. The summed E-state index contributed by atoms with van der Waals surface area (Å²) in [6.07, 6.45) is -1.92. The van der Waals surface area contributed by atoms with E-state index >= 15 is 0 Å². The molecule has 0 saturated carbocycles. The molecule has 0 aliphatic rings. The Kier molecular flexibility index (Phi) is 4.80. The fraction of sp³-hybridized carbons (Fsp3) is 0.118. The second-order valence-electron chi connectivity index (χ2n) is 5.54. The average Bonchev–Trinajstić information content (AvgIpc) is 2.99. The van der Waals surface area contributed by atoms with Gasteiger partial charge in [-0.3, -0.25) is 4.79 Å². The number of halogens is 4. The zero-order valence-corrected chi connectivity index (χ0v) is 13.9. The molecule has 10 heteroatoms. The first-order valence-corrected chi connectivity index (χ1v) is 7.58. The van der Waals surface area contributed by atoms with Gasteiger partial charge < -0.3 is 4.74 Å². The Hall–Kier alpha value is -3.43. The fourth-order valence-electron chi connectivity index (χ4n) is 2.34. The smallest absolute Gasteiger partial charge is 0.406 e. The lowest BCUT2D eigenvalue weighted by molar-refractivity contribution is -0.642. The van der Waals surface area contributed by atoms with Gasteiger partial charge in [0.1, 0.15) is 11.6 Å². The van der Waals surface area contributed by atoms with E-state index in [1.165, 1.54) is 46.3 Å². The Morgan fingerprint density at radius 1 is 1.19 bits per heavy atom. The van der Waals surface area contributed by atoms with Crippen LogP contribution in [0.25, 0.3) is 11.1 Å². The quantitative estimate of drug-likeness (QED) is 0.559. The van der Waals surface area contributed by atoms with E-state index < -0.39 is 23.8 Å². The summed E-state index contributed by atoms with van der Waals surface area (Å²) in [5.41, 5.74) is 3.05. The standard InChI is InChI=1S/C17H12F4N4O2/c1-24-10-25(9-22-24)23-16(26)12-4-7-14(15(18)8-12)11-2-5-13(6-3-11)27-17(19,20)21/h2-10H,1H3/p+1. The Morgan fingerprint density at radius 3 is 2.44 bits per heavy atom. The third kappa shape index (κ3) is 4.60. The second-order valence-corrected chi connectivity index (χ2v) is 5.54. The van der Waals surface area contributed by atoms with Crippen molar-refractivity contribution in [2.75, 3.05) is 5.43 Å². The number of nitrogens with zero attached hydrogens (tertiary/aromatic N) is 3. The van der Waals surface area contributed by atoms with Crippen molar-refractivity contribution >= 4 is 5.91 Å². The van der Waals surface area contributed by atoms with E-state index in [1.807, 2.05) is 0 Å². The molecule has 0 bridgehead atoms. The van der Waals surface area contributed by atoms with Crippen LogP contribution >= 0.6 is 0 Å². The second kappa shape index (κ2) is 7.06. The molecule has 3 aromatic rings. The lowest BCUT2D eigenvalue weighted by Crippen LogP contribution is -2.46. The summed E-state index contributed by atoms with van der Waals surface area (Å²) in [6.45, 7) is 0. The van der Waals surface area contributed by atoms with Gasteiger partial charge in [-0.05, 0) is 29.8 Å². The molecule has 0 fully saturated rings. The number of benzene rings is 2. The number of hydrogen-bond acceptors (Lipinski definition) is 3. The predicted molar refractivity (Wildman–Crippen MR) is 85.6 cm³/mol. The number of amides is 1. The molecule has 1 heterocycles. The van der Waals surface area contributed by atoms with E-state index in [1.54, 1.807) is 7.05 Å². The Morgan fingerprint density at radius 2 is 1.89 bits per heavy atom. The van der Waals surface area contributed by atoms with Crippen LogP contribution in [0.3, 0.4) is 0 Å². The van der Waals surface area contributed by atoms with Gasteiger partial charge in [-0.1, -0.05) is 18.2 Å². The third-order valence-electron chi connectivity index (χ3n) is 3.51. The molecular formula is C17H13F4N4O2+. The highest BCUT2D eigenvalue weighted by Crippen LogP contribution is 2.28. The summed E-state index contributed by atoms with van der Waals surface area (Å²) in [7, 11) is 1.67. The molecular weight excluding hydrogens is 368 g/mol. The summed E-state index contributed by atoms with van der Waals surface area (Å²) < 4.78 is 57.5. The largest absolute Gasteiger partial charge is 0.573 e. The monoisotopic (exact) mass is 381 g/mol. The van der Waals surface area contributed by atoms with Crippen LogP contribution in [0.1, 0.15) is 10.4 Å². The topological polar surface area (TPSA) is 60.0 Å². The maximum absolute atomic E-state index is 14.4. The van der Waals surface area contributed by atoms with Crippen LogP contribution in [0.2, 0.25) is 0 Å². The van der Waals surface area contributed by atoms with Crippen LogP contribution in [-0.4, -0.2) is 22.1 Å². The molecule has 1 amide bonds. The molecule has 27 heavy (non-hydrogen) atoms. The van der Waals surface area contributed by atoms with Crippen molar-refractivity contribution < 1.29 is 31.8 Å². The van der Waals surface area contributed by atoms with Crippen molar-refractivity contribution in [1.29, 1.82) is 0 Å². The predicted octanol–water partition coefficient (Wildman–Crippen LogP) is 2.80. The third-order valence-corrected chi connectivity index (χ3v) is 3.51. The molecule has 2 aromatic carbocycles. The van der Waals surface area contributed by atoms with Crippen LogP contribution in [0.15, 0.2) is 55.1 Å². The summed E-state index contributed by atoms with van der Waals surface area (Å²) in [5, 5.41) is 3.87. The first-order valence-electron chi connectivity index (χ1n) is 7.58. The molecule has 6 nitrogen and oxygen atoms in total. The molecule has 0 aliphatic carbocycles. The maximum atomic E-state index is 14.4. The molecule has 1 aromatic heterocycles. The van der Waals surface area contributed by atoms with Gasteiger partial charge in [0, 0.05) is 16.2 Å². The van der Waals surface area contributed by atoms with E-state index in [-0.39, 0.29) is 11.1 Å². The minimum absolute atomic E-state index is 0.0737. The van der Waals surface area contributed by atoms with Gasteiger partial charge in [0.2, 0.25) is 6.33 Å². The van der Waals surface area contributed by atoms with Crippen LogP contribution < -0.4 is 14.8 Å². The molecule has 0 aliphatic heterocycles. The Bertz CT molecular complexity index is 968.